The van der Waals surface area contributed by atoms with Crippen LogP contribution in [0.15, 0.2) is 55.0 Å². The smallest absolute Gasteiger partial charge is 0.0715 e. The maximum atomic E-state index is 6.13. The molecule has 0 unspecified atom stereocenters. The lowest BCUT2D eigenvalue weighted by molar-refractivity contribution is 0.203. The van der Waals surface area contributed by atoms with Gasteiger partial charge in [0, 0.05) is 46.4 Å². The van der Waals surface area contributed by atoms with Gasteiger partial charge in [0.1, 0.15) is 0 Å². The molecule has 0 spiro atoms. The van der Waals surface area contributed by atoms with Gasteiger partial charge in [-0.05, 0) is 80.2 Å². The van der Waals surface area contributed by atoms with Crippen molar-refractivity contribution in [2.24, 2.45) is 0 Å². The average Bonchev–Trinajstić information content (AvgIpc) is 3.43. The SMILES string of the molecule is CCCc1cc2c(C3CCN(Cc4ccn[nH]4)CC3)cn(-c3ccc(Cl)cc3)c2cn1. The van der Waals surface area contributed by atoms with Gasteiger partial charge in [-0.25, -0.2) is 0 Å². The number of pyridine rings is 1. The first kappa shape index (κ1) is 20.3. The van der Waals surface area contributed by atoms with Crippen LogP contribution in [0.5, 0.6) is 0 Å². The number of fused-ring (bicyclic) bond motifs is 1. The summed E-state index contributed by atoms with van der Waals surface area (Å²) in [6.45, 7) is 5.36. The maximum absolute atomic E-state index is 6.13. The Morgan fingerprint density at radius 3 is 2.65 bits per heavy atom. The molecule has 1 fully saturated rings. The minimum Gasteiger partial charge on any atom is -0.315 e. The van der Waals surface area contributed by atoms with Gasteiger partial charge in [-0.3, -0.25) is 15.0 Å². The Morgan fingerprint density at radius 2 is 1.94 bits per heavy atom. The summed E-state index contributed by atoms with van der Waals surface area (Å²) >= 11 is 6.13. The van der Waals surface area contributed by atoms with Crippen LogP contribution in [0.3, 0.4) is 0 Å². The summed E-state index contributed by atoms with van der Waals surface area (Å²) < 4.78 is 2.28. The minimum absolute atomic E-state index is 0.561. The molecule has 1 N–H and O–H groups in total. The summed E-state index contributed by atoms with van der Waals surface area (Å²) in [4.78, 5) is 7.27. The Hall–Kier alpha value is -2.63. The highest BCUT2D eigenvalue weighted by atomic mass is 35.5. The number of nitrogens with one attached hydrogen (secondary N) is 1. The number of piperidine rings is 1. The Morgan fingerprint density at radius 1 is 1.13 bits per heavy atom. The lowest BCUT2D eigenvalue weighted by Crippen LogP contribution is -2.32. The molecule has 160 valence electrons. The summed E-state index contributed by atoms with van der Waals surface area (Å²) in [7, 11) is 0. The lowest BCUT2D eigenvalue weighted by Gasteiger charge is -2.31. The van der Waals surface area contributed by atoms with E-state index in [0.29, 0.717) is 5.92 Å². The first-order valence-electron chi connectivity index (χ1n) is 11.2. The van der Waals surface area contributed by atoms with E-state index in [1.807, 2.05) is 24.5 Å². The Bertz CT molecular complexity index is 1140. The molecule has 0 aliphatic carbocycles. The van der Waals surface area contributed by atoms with Crippen LogP contribution in [-0.2, 0) is 13.0 Å². The molecule has 6 heteroatoms. The van der Waals surface area contributed by atoms with Crippen LogP contribution in [0.1, 0.15) is 49.1 Å². The van der Waals surface area contributed by atoms with Gasteiger partial charge in [0.25, 0.3) is 0 Å². The highest BCUT2D eigenvalue weighted by Crippen LogP contribution is 2.36. The molecular weight excluding hydrogens is 406 g/mol. The van der Waals surface area contributed by atoms with Crippen molar-refractivity contribution < 1.29 is 0 Å². The predicted molar refractivity (Wildman–Crippen MR) is 126 cm³/mol. The lowest BCUT2D eigenvalue weighted by atomic mass is 9.89. The third-order valence-electron chi connectivity index (χ3n) is 6.37. The summed E-state index contributed by atoms with van der Waals surface area (Å²) in [5.74, 6) is 0.561. The fourth-order valence-corrected chi connectivity index (χ4v) is 4.87. The van der Waals surface area contributed by atoms with Gasteiger partial charge in [0.05, 0.1) is 11.7 Å². The number of aryl methyl sites for hydroxylation is 1. The van der Waals surface area contributed by atoms with Crippen LogP contribution in [0.4, 0.5) is 0 Å². The quantitative estimate of drug-likeness (QED) is 0.422. The number of nitrogens with zero attached hydrogens (tertiary/aromatic N) is 4. The Balaban J connectivity index is 1.45. The molecular formula is C25H28ClN5. The fourth-order valence-electron chi connectivity index (χ4n) is 4.74. The first-order chi connectivity index (χ1) is 15.2. The van der Waals surface area contributed by atoms with Gasteiger partial charge < -0.3 is 4.57 Å². The summed E-state index contributed by atoms with van der Waals surface area (Å²) in [5.41, 5.74) is 6.13. The molecule has 4 aromatic rings. The van der Waals surface area contributed by atoms with Crippen molar-refractivity contribution in [1.29, 1.82) is 0 Å². The number of rotatable bonds is 6. The van der Waals surface area contributed by atoms with Gasteiger partial charge in [-0.1, -0.05) is 24.9 Å². The van der Waals surface area contributed by atoms with E-state index < -0.39 is 0 Å². The molecule has 0 bridgehead atoms. The monoisotopic (exact) mass is 433 g/mol. The maximum Gasteiger partial charge on any atom is 0.0715 e. The van der Waals surface area contributed by atoms with Crippen molar-refractivity contribution in [1.82, 2.24) is 24.6 Å². The number of hydrogen-bond acceptors (Lipinski definition) is 3. The van der Waals surface area contributed by atoms with E-state index in [0.717, 1.165) is 43.2 Å². The summed E-state index contributed by atoms with van der Waals surface area (Å²) in [6, 6.07) is 12.5. The second-order valence-electron chi connectivity index (χ2n) is 8.51. The normalized spacial score (nSPS) is 15.7. The van der Waals surface area contributed by atoms with Crippen LogP contribution >= 0.6 is 11.6 Å². The van der Waals surface area contributed by atoms with Crippen molar-refractivity contribution in [2.75, 3.05) is 13.1 Å². The summed E-state index contributed by atoms with van der Waals surface area (Å²) in [5, 5.41) is 9.27. The van der Waals surface area contributed by atoms with Gasteiger partial charge in [0.15, 0.2) is 0 Å². The molecule has 0 amide bonds. The van der Waals surface area contributed by atoms with Crippen molar-refractivity contribution in [3.63, 3.8) is 0 Å². The molecule has 0 atom stereocenters. The van der Waals surface area contributed by atoms with Crippen LogP contribution in [0, 0.1) is 0 Å². The molecule has 1 aliphatic rings. The summed E-state index contributed by atoms with van der Waals surface area (Å²) in [6.07, 6.45) is 10.7. The van der Waals surface area contributed by atoms with Gasteiger partial charge >= 0.3 is 0 Å². The molecule has 1 aliphatic heterocycles. The van der Waals surface area contributed by atoms with Crippen LogP contribution in [0.2, 0.25) is 5.02 Å². The molecule has 5 rings (SSSR count). The number of H-pyrrole nitrogens is 1. The molecule has 5 nitrogen and oxygen atoms in total. The average molecular weight is 434 g/mol. The van der Waals surface area contributed by atoms with E-state index >= 15 is 0 Å². The van der Waals surface area contributed by atoms with Crippen LogP contribution in [0.25, 0.3) is 16.6 Å². The first-order valence-corrected chi connectivity index (χ1v) is 11.6. The predicted octanol–water partition coefficient (Wildman–Crippen LogP) is 5.73. The molecule has 0 radical (unpaired) electrons. The third-order valence-corrected chi connectivity index (χ3v) is 6.62. The van der Waals surface area contributed by atoms with E-state index in [4.69, 9.17) is 16.6 Å². The zero-order chi connectivity index (χ0) is 21.2. The Labute approximate surface area is 188 Å². The molecule has 1 saturated heterocycles. The topological polar surface area (TPSA) is 49.7 Å². The van der Waals surface area contributed by atoms with E-state index in [1.165, 1.54) is 40.7 Å². The highest BCUT2D eigenvalue weighted by molar-refractivity contribution is 6.30. The second kappa shape index (κ2) is 8.85. The fraction of sp³-hybridized carbons (Fsp3) is 0.360. The van der Waals surface area contributed by atoms with E-state index in [9.17, 15) is 0 Å². The molecule has 3 aromatic heterocycles. The van der Waals surface area contributed by atoms with E-state index in [-0.39, 0.29) is 0 Å². The van der Waals surface area contributed by atoms with Crippen molar-refractivity contribution in [3.8, 4) is 5.69 Å². The van der Waals surface area contributed by atoms with E-state index in [2.05, 4.69) is 57.1 Å². The van der Waals surface area contributed by atoms with Crippen molar-refractivity contribution in [3.05, 3.63) is 77.0 Å². The van der Waals surface area contributed by atoms with Crippen LogP contribution in [-0.4, -0.2) is 37.7 Å². The highest BCUT2D eigenvalue weighted by Gasteiger charge is 2.24. The van der Waals surface area contributed by atoms with Gasteiger partial charge in [-0.15, -0.1) is 0 Å². The molecule has 1 aromatic carbocycles. The number of likely N-dealkylation sites (tertiary alicyclic amines) is 1. The number of halogens is 1. The molecule has 31 heavy (non-hydrogen) atoms. The van der Waals surface area contributed by atoms with Crippen LogP contribution < -0.4 is 0 Å². The van der Waals surface area contributed by atoms with E-state index in [1.54, 1.807) is 0 Å². The number of benzene rings is 1. The van der Waals surface area contributed by atoms with Crippen molar-refractivity contribution >= 4 is 22.5 Å². The third kappa shape index (κ3) is 4.25. The second-order valence-corrected chi connectivity index (χ2v) is 8.94. The standard InChI is InChI=1S/C25H28ClN5/c1-2-3-20-14-23-24(18-9-12-30(13-10-18)16-21-8-11-28-29-21)17-31(25(23)15-27-20)22-6-4-19(26)5-7-22/h4-8,11,14-15,17-18H,2-3,9-10,12-13,16H2,1H3,(H,28,29). The minimum atomic E-state index is 0.561. The number of aromatic nitrogens is 4. The molecule has 0 saturated carbocycles. The zero-order valence-electron chi connectivity index (χ0n) is 17.9. The molecule has 4 heterocycles. The number of aromatic amines is 1. The zero-order valence-corrected chi connectivity index (χ0v) is 18.6. The number of hydrogen-bond donors (Lipinski definition) is 1. The Kier molecular flexibility index (Phi) is 5.79. The largest absolute Gasteiger partial charge is 0.315 e. The van der Waals surface area contributed by atoms with Gasteiger partial charge in [-0.2, -0.15) is 5.10 Å². The van der Waals surface area contributed by atoms with Gasteiger partial charge in [0.2, 0.25) is 0 Å². The van der Waals surface area contributed by atoms with Crippen molar-refractivity contribution in [2.45, 2.75) is 45.1 Å².